The van der Waals surface area contributed by atoms with Gasteiger partial charge in [-0.1, -0.05) is 11.2 Å². The minimum absolute atomic E-state index is 0.116. The summed E-state index contributed by atoms with van der Waals surface area (Å²) >= 11 is 0. The van der Waals surface area contributed by atoms with Crippen molar-refractivity contribution in [3.63, 3.8) is 0 Å². The van der Waals surface area contributed by atoms with E-state index in [1.807, 2.05) is 6.07 Å². The number of hydrogen-bond donors (Lipinski definition) is 1. The lowest BCUT2D eigenvalue weighted by molar-refractivity contribution is 0.221. The summed E-state index contributed by atoms with van der Waals surface area (Å²) in [5.41, 5.74) is 2.42. The van der Waals surface area contributed by atoms with Crippen LogP contribution < -0.4 is 5.32 Å². The van der Waals surface area contributed by atoms with Gasteiger partial charge in [-0.2, -0.15) is 4.98 Å². The first kappa shape index (κ1) is 14.2. The molecule has 2 amide bonds. The number of carbonyl (C=O) groups is 1. The highest BCUT2D eigenvalue weighted by Gasteiger charge is 2.31. The molecule has 1 N–H and O–H groups in total. The number of likely N-dealkylation sites (tertiary alicyclic amines) is 1. The van der Waals surface area contributed by atoms with Crippen LogP contribution in [0.15, 0.2) is 16.7 Å². The Morgan fingerprint density at radius 2 is 2.26 bits per heavy atom. The van der Waals surface area contributed by atoms with Crippen LogP contribution in [-0.2, 0) is 12.8 Å². The van der Waals surface area contributed by atoms with Crippen LogP contribution >= 0.6 is 0 Å². The number of aryl methyl sites for hydroxylation is 3. The fourth-order valence-corrected chi connectivity index (χ4v) is 3.30. The second kappa shape index (κ2) is 5.64. The lowest BCUT2D eigenvalue weighted by Crippen LogP contribution is -2.33. The molecule has 2 aliphatic rings. The summed E-state index contributed by atoms with van der Waals surface area (Å²) in [5.74, 6) is 2.00. The zero-order valence-electron chi connectivity index (χ0n) is 13.1. The number of nitrogens with zero attached hydrogens (tertiary/aromatic N) is 4. The molecule has 1 fully saturated rings. The molecule has 3 heterocycles. The van der Waals surface area contributed by atoms with Gasteiger partial charge in [0, 0.05) is 18.8 Å². The van der Waals surface area contributed by atoms with Crippen LogP contribution in [0.1, 0.15) is 41.7 Å². The summed E-state index contributed by atoms with van der Waals surface area (Å²) < 4.78 is 5.21. The molecule has 1 aliphatic carbocycles. The molecule has 1 saturated heterocycles. The highest BCUT2D eigenvalue weighted by Crippen LogP contribution is 2.27. The molecular weight excluding hydrogens is 294 g/mol. The van der Waals surface area contributed by atoms with Gasteiger partial charge in [0.1, 0.15) is 5.82 Å². The maximum absolute atomic E-state index is 12.4. The van der Waals surface area contributed by atoms with E-state index < -0.39 is 0 Å². The Kier molecular flexibility index (Phi) is 3.48. The first-order valence-electron chi connectivity index (χ1n) is 8.04. The van der Waals surface area contributed by atoms with Crippen molar-refractivity contribution in [3.8, 4) is 0 Å². The Hall–Kier alpha value is -2.44. The van der Waals surface area contributed by atoms with Crippen molar-refractivity contribution in [1.29, 1.82) is 0 Å². The average molecular weight is 313 g/mol. The van der Waals surface area contributed by atoms with Gasteiger partial charge in [0.15, 0.2) is 5.82 Å². The van der Waals surface area contributed by atoms with Crippen molar-refractivity contribution in [2.24, 2.45) is 0 Å². The SMILES string of the molecule is Cc1noc(C2CCN(C(=O)Nc3ccc4c(n3)CCC4)C2)n1. The molecule has 0 saturated carbocycles. The maximum atomic E-state index is 12.4. The van der Waals surface area contributed by atoms with Crippen molar-refractivity contribution in [1.82, 2.24) is 20.0 Å². The largest absolute Gasteiger partial charge is 0.339 e. The first-order chi connectivity index (χ1) is 11.2. The predicted octanol–water partition coefficient (Wildman–Crippen LogP) is 2.28. The number of carbonyl (C=O) groups excluding carboxylic acids is 1. The molecule has 4 rings (SSSR count). The molecule has 1 atom stereocenters. The highest BCUT2D eigenvalue weighted by atomic mass is 16.5. The molecule has 120 valence electrons. The Bertz CT molecular complexity index is 742. The van der Waals surface area contributed by atoms with Crippen molar-refractivity contribution in [2.75, 3.05) is 18.4 Å². The zero-order chi connectivity index (χ0) is 15.8. The molecular formula is C16H19N5O2. The molecule has 2 aromatic heterocycles. The smallest absolute Gasteiger partial charge is 0.323 e. The Labute approximate surface area is 134 Å². The summed E-state index contributed by atoms with van der Waals surface area (Å²) in [6, 6.07) is 3.84. The van der Waals surface area contributed by atoms with Crippen molar-refractivity contribution >= 4 is 11.8 Å². The summed E-state index contributed by atoms with van der Waals surface area (Å²) in [6.45, 7) is 3.08. The first-order valence-corrected chi connectivity index (χ1v) is 8.04. The van der Waals surface area contributed by atoms with Gasteiger partial charge in [-0.3, -0.25) is 5.32 Å². The summed E-state index contributed by atoms with van der Waals surface area (Å²) in [6.07, 6.45) is 4.08. The topological polar surface area (TPSA) is 84.2 Å². The van der Waals surface area contributed by atoms with Crippen LogP contribution in [0, 0.1) is 6.92 Å². The standard InChI is InChI=1S/C16H19N5O2/c1-10-17-15(23-20-10)12-7-8-21(9-12)16(22)19-14-6-5-11-3-2-4-13(11)18-14/h5-6,12H,2-4,7-9H2,1H3,(H,18,19,22). The van der Waals surface area contributed by atoms with Gasteiger partial charge in [-0.15, -0.1) is 0 Å². The molecule has 2 aromatic rings. The monoisotopic (exact) mass is 313 g/mol. The molecule has 23 heavy (non-hydrogen) atoms. The maximum Gasteiger partial charge on any atom is 0.323 e. The number of pyridine rings is 1. The third kappa shape index (κ3) is 2.78. The Morgan fingerprint density at radius 3 is 3.09 bits per heavy atom. The van der Waals surface area contributed by atoms with E-state index in [4.69, 9.17) is 4.52 Å². The van der Waals surface area contributed by atoms with Gasteiger partial charge in [0.2, 0.25) is 5.89 Å². The zero-order valence-corrected chi connectivity index (χ0v) is 13.1. The number of nitrogens with one attached hydrogen (secondary N) is 1. The van der Waals surface area contributed by atoms with E-state index in [9.17, 15) is 4.79 Å². The number of anilines is 1. The second-order valence-corrected chi connectivity index (χ2v) is 6.20. The van der Waals surface area contributed by atoms with E-state index in [-0.39, 0.29) is 11.9 Å². The predicted molar refractivity (Wildman–Crippen MR) is 83.2 cm³/mol. The third-order valence-electron chi connectivity index (χ3n) is 4.53. The van der Waals surface area contributed by atoms with Crippen LogP contribution in [0.2, 0.25) is 0 Å². The van der Waals surface area contributed by atoms with Crippen LogP contribution in [-0.4, -0.2) is 39.1 Å². The molecule has 0 radical (unpaired) electrons. The number of amides is 2. The number of fused-ring (bicyclic) bond motifs is 1. The summed E-state index contributed by atoms with van der Waals surface area (Å²) in [7, 11) is 0. The minimum Gasteiger partial charge on any atom is -0.339 e. The molecule has 7 heteroatoms. The number of rotatable bonds is 2. The van der Waals surface area contributed by atoms with Crippen LogP contribution in [0.25, 0.3) is 0 Å². The van der Waals surface area contributed by atoms with Crippen molar-refractivity contribution < 1.29 is 9.32 Å². The second-order valence-electron chi connectivity index (χ2n) is 6.20. The number of hydrogen-bond acceptors (Lipinski definition) is 5. The molecule has 7 nitrogen and oxygen atoms in total. The van der Waals surface area contributed by atoms with E-state index in [2.05, 4.69) is 26.5 Å². The van der Waals surface area contributed by atoms with E-state index >= 15 is 0 Å². The Balaban J connectivity index is 1.40. The summed E-state index contributed by atoms with van der Waals surface area (Å²) in [4.78, 5) is 23.0. The molecule has 0 aromatic carbocycles. The minimum atomic E-state index is -0.116. The van der Waals surface area contributed by atoms with Gasteiger partial charge in [-0.25, -0.2) is 9.78 Å². The molecule has 1 aliphatic heterocycles. The van der Waals surface area contributed by atoms with Gasteiger partial charge < -0.3 is 9.42 Å². The lowest BCUT2D eigenvalue weighted by Gasteiger charge is -2.16. The molecule has 1 unspecified atom stereocenters. The van der Waals surface area contributed by atoms with Gasteiger partial charge >= 0.3 is 6.03 Å². The summed E-state index contributed by atoms with van der Waals surface area (Å²) in [5, 5.41) is 6.72. The van der Waals surface area contributed by atoms with E-state index in [1.165, 1.54) is 5.56 Å². The third-order valence-corrected chi connectivity index (χ3v) is 4.53. The normalized spacial score (nSPS) is 19.9. The van der Waals surface area contributed by atoms with Crippen LogP contribution in [0.3, 0.4) is 0 Å². The van der Waals surface area contributed by atoms with Gasteiger partial charge in [-0.05, 0) is 44.2 Å². The van der Waals surface area contributed by atoms with E-state index in [0.717, 1.165) is 31.4 Å². The molecule has 0 spiro atoms. The van der Waals surface area contributed by atoms with Crippen molar-refractivity contribution in [3.05, 3.63) is 35.1 Å². The quantitative estimate of drug-likeness (QED) is 0.919. The van der Waals surface area contributed by atoms with Gasteiger partial charge in [0.25, 0.3) is 0 Å². The van der Waals surface area contributed by atoms with Gasteiger partial charge in [0.05, 0.1) is 5.92 Å². The number of aromatic nitrogens is 3. The van der Waals surface area contributed by atoms with E-state index in [1.54, 1.807) is 11.8 Å². The lowest BCUT2D eigenvalue weighted by atomic mass is 10.1. The Morgan fingerprint density at radius 1 is 1.35 bits per heavy atom. The van der Waals surface area contributed by atoms with E-state index in [0.29, 0.717) is 30.6 Å². The highest BCUT2D eigenvalue weighted by molar-refractivity contribution is 5.88. The average Bonchev–Trinajstić information content (AvgIpc) is 3.26. The van der Waals surface area contributed by atoms with Crippen LogP contribution in [0.4, 0.5) is 10.6 Å². The fraction of sp³-hybridized carbons (Fsp3) is 0.500. The molecule has 0 bridgehead atoms. The number of urea groups is 1. The fourth-order valence-electron chi connectivity index (χ4n) is 3.30. The van der Waals surface area contributed by atoms with Crippen molar-refractivity contribution in [2.45, 2.75) is 38.5 Å². The van der Waals surface area contributed by atoms with Crippen LogP contribution in [0.5, 0.6) is 0 Å².